The van der Waals surface area contributed by atoms with Crippen molar-refractivity contribution in [2.75, 3.05) is 31.5 Å². The van der Waals surface area contributed by atoms with Crippen LogP contribution in [0.25, 0.3) is 0 Å². The highest BCUT2D eigenvalue weighted by atomic mass is 35.5. The van der Waals surface area contributed by atoms with Crippen LogP contribution in [0.5, 0.6) is 0 Å². The zero-order chi connectivity index (χ0) is 15.2. The summed E-state index contributed by atoms with van der Waals surface area (Å²) in [4.78, 5) is 13.7. The molecule has 1 aromatic heterocycles. The lowest BCUT2D eigenvalue weighted by atomic mass is 10.2. The minimum absolute atomic E-state index is 0.167. The number of rotatable bonds is 6. The molecule has 0 radical (unpaired) electrons. The molecule has 2 N–H and O–H groups in total. The molecule has 1 aliphatic heterocycles. The van der Waals surface area contributed by atoms with Gasteiger partial charge in [-0.2, -0.15) is 5.10 Å². The van der Waals surface area contributed by atoms with E-state index in [0.29, 0.717) is 17.9 Å². The molecule has 0 unspecified atom stereocenters. The van der Waals surface area contributed by atoms with Crippen LogP contribution in [-0.4, -0.2) is 53.5 Å². The number of hydrogen-bond donors (Lipinski definition) is 2. The molecule has 0 saturated carbocycles. The van der Waals surface area contributed by atoms with Gasteiger partial charge in [0.2, 0.25) is 0 Å². The average Bonchev–Trinajstić information content (AvgIpc) is 2.42. The predicted octanol–water partition coefficient (Wildman–Crippen LogP) is 1.72. The third-order valence-corrected chi connectivity index (χ3v) is 3.88. The Kier molecular flexibility index (Phi) is 6.02. The van der Waals surface area contributed by atoms with Gasteiger partial charge >= 0.3 is 0 Å². The number of hydrogen-bond acceptors (Lipinski definition) is 5. The Labute approximate surface area is 129 Å². The molecule has 0 aliphatic carbocycles. The first-order valence-electron chi connectivity index (χ1n) is 7.41. The van der Waals surface area contributed by atoms with E-state index in [0.717, 1.165) is 39.0 Å². The smallest absolute Gasteiger partial charge is 0.285 e. The minimum Gasteiger partial charge on any atom is -0.382 e. The number of morpholine rings is 1. The van der Waals surface area contributed by atoms with E-state index in [9.17, 15) is 4.79 Å². The molecule has 0 aromatic carbocycles. The molecule has 6 nitrogen and oxygen atoms in total. The molecule has 21 heavy (non-hydrogen) atoms. The molecule has 7 heteroatoms. The van der Waals surface area contributed by atoms with E-state index in [4.69, 9.17) is 16.3 Å². The van der Waals surface area contributed by atoms with Crippen molar-refractivity contribution in [1.29, 1.82) is 0 Å². The molecule has 0 amide bonds. The molecular weight excluding hydrogens is 292 g/mol. The summed E-state index contributed by atoms with van der Waals surface area (Å²) in [7, 11) is 0. The third-order valence-electron chi connectivity index (χ3n) is 3.51. The summed E-state index contributed by atoms with van der Waals surface area (Å²) in [6.07, 6.45) is 4.28. The number of anilines is 1. The Morgan fingerprint density at radius 1 is 1.43 bits per heavy atom. The maximum atomic E-state index is 11.3. The number of halogens is 1. The number of ether oxygens (including phenoxy) is 1. The quantitative estimate of drug-likeness (QED) is 0.783. The number of H-pyrrole nitrogens is 1. The van der Waals surface area contributed by atoms with Gasteiger partial charge in [0.25, 0.3) is 5.56 Å². The molecule has 118 valence electrons. The average molecular weight is 315 g/mol. The van der Waals surface area contributed by atoms with Crippen molar-refractivity contribution in [2.45, 2.75) is 38.9 Å². The first-order valence-corrected chi connectivity index (χ1v) is 7.79. The van der Waals surface area contributed by atoms with Crippen molar-refractivity contribution in [1.82, 2.24) is 15.1 Å². The molecular formula is C14H23ClN4O2. The van der Waals surface area contributed by atoms with Crippen LogP contribution >= 0.6 is 11.6 Å². The van der Waals surface area contributed by atoms with Crippen LogP contribution in [0.15, 0.2) is 11.0 Å². The van der Waals surface area contributed by atoms with Crippen molar-refractivity contribution in [3.8, 4) is 0 Å². The van der Waals surface area contributed by atoms with Gasteiger partial charge in [0.05, 0.1) is 24.1 Å². The summed E-state index contributed by atoms with van der Waals surface area (Å²) in [5.74, 6) is 0. The number of nitrogens with zero attached hydrogens (tertiary/aromatic N) is 2. The zero-order valence-electron chi connectivity index (χ0n) is 12.6. The van der Waals surface area contributed by atoms with E-state index >= 15 is 0 Å². The highest BCUT2D eigenvalue weighted by Gasteiger charge is 2.21. The maximum absolute atomic E-state index is 11.3. The second-order valence-electron chi connectivity index (χ2n) is 5.58. The lowest BCUT2D eigenvalue weighted by Crippen LogP contribution is -2.45. The highest BCUT2D eigenvalue weighted by Crippen LogP contribution is 2.15. The Bertz CT molecular complexity index is 498. The van der Waals surface area contributed by atoms with Gasteiger partial charge in [-0.1, -0.05) is 11.6 Å². The summed E-state index contributed by atoms with van der Waals surface area (Å²) in [5.41, 5.74) is 0.229. The largest absolute Gasteiger partial charge is 0.382 e. The van der Waals surface area contributed by atoms with Crippen LogP contribution < -0.4 is 10.9 Å². The van der Waals surface area contributed by atoms with E-state index in [1.54, 1.807) is 0 Å². The van der Waals surface area contributed by atoms with E-state index in [2.05, 4.69) is 34.3 Å². The third kappa shape index (κ3) is 4.98. The van der Waals surface area contributed by atoms with Crippen molar-refractivity contribution < 1.29 is 4.74 Å². The fourth-order valence-corrected chi connectivity index (χ4v) is 2.82. The predicted molar refractivity (Wildman–Crippen MR) is 84.0 cm³/mol. The Morgan fingerprint density at radius 2 is 2.14 bits per heavy atom. The molecule has 2 rings (SSSR count). The number of aromatic amines is 1. The summed E-state index contributed by atoms with van der Waals surface area (Å²) in [6.45, 7) is 8.09. The summed E-state index contributed by atoms with van der Waals surface area (Å²) >= 11 is 5.89. The van der Waals surface area contributed by atoms with E-state index in [1.165, 1.54) is 6.20 Å². The number of unbranched alkanes of at least 4 members (excludes halogenated alkanes) is 1. The Hall–Kier alpha value is -1.11. The lowest BCUT2D eigenvalue weighted by molar-refractivity contribution is -0.0681. The van der Waals surface area contributed by atoms with Gasteiger partial charge in [-0.3, -0.25) is 9.69 Å². The van der Waals surface area contributed by atoms with Gasteiger partial charge in [0.1, 0.15) is 5.02 Å². The summed E-state index contributed by atoms with van der Waals surface area (Å²) < 4.78 is 5.72. The normalized spacial score (nSPS) is 23.2. The van der Waals surface area contributed by atoms with Gasteiger partial charge in [-0.05, 0) is 33.2 Å². The Balaban J connectivity index is 1.66. The number of aromatic nitrogens is 2. The van der Waals surface area contributed by atoms with Crippen LogP contribution in [-0.2, 0) is 4.74 Å². The molecule has 0 bridgehead atoms. The van der Waals surface area contributed by atoms with Crippen LogP contribution in [0.3, 0.4) is 0 Å². The lowest BCUT2D eigenvalue weighted by Gasteiger charge is -2.35. The number of nitrogens with one attached hydrogen (secondary N) is 2. The summed E-state index contributed by atoms with van der Waals surface area (Å²) in [5, 5.41) is 9.34. The zero-order valence-corrected chi connectivity index (χ0v) is 13.3. The standard InChI is InChI=1S/C14H23ClN4O2/c1-10-8-19(9-11(2)21-10)6-4-3-5-16-12-7-17-18-14(20)13(12)15/h7,10-11H,3-6,8-9H2,1-2H3,(H2,16,18,20)/t10-,11+. The maximum Gasteiger partial charge on any atom is 0.285 e. The van der Waals surface area contributed by atoms with Crippen molar-refractivity contribution in [3.05, 3.63) is 21.6 Å². The van der Waals surface area contributed by atoms with E-state index < -0.39 is 0 Å². The second-order valence-corrected chi connectivity index (χ2v) is 5.96. The van der Waals surface area contributed by atoms with Crippen LogP contribution in [0, 0.1) is 0 Å². The first-order chi connectivity index (χ1) is 10.1. The first kappa shape index (κ1) is 16.3. The van der Waals surface area contributed by atoms with Gasteiger partial charge in [0.15, 0.2) is 0 Å². The SMILES string of the molecule is C[C@@H]1CN(CCCCNc2cn[nH]c(=O)c2Cl)C[C@H](C)O1. The van der Waals surface area contributed by atoms with Gasteiger partial charge < -0.3 is 10.1 Å². The summed E-state index contributed by atoms with van der Waals surface area (Å²) in [6, 6.07) is 0. The molecule has 0 spiro atoms. The highest BCUT2D eigenvalue weighted by molar-refractivity contribution is 6.32. The van der Waals surface area contributed by atoms with Gasteiger partial charge in [0, 0.05) is 19.6 Å². The van der Waals surface area contributed by atoms with Crippen LogP contribution in [0.1, 0.15) is 26.7 Å². The topological polar surface area (TPSA) is 70.2 Å². The van der Waals surface area contributed by atoms with Crippen LogP contribution in [0.2, 0.25) is 5.02 Å². The fourth-order valence-electron chi connectivity index (χ4n) is 2.66. The van der Waals surface area contributed by atoms with Crippen molar-refractivity contribution >= 4 is 17.3 Å². The molecule has 1 aromatic rings. The second kappa shape index (κ2) is 7.77. The molecule has 1 saturated heterocycles. The minimum atomic E-state index is -0.363. The fraction of sp³-hybridized carbons (Fsp3) is 0.714. The monoisotopic (exact) mass is 314 g/mol. The van der Waals surface area contributed by atoms with E-state index in [-0.39, 0.29) is 10.6 Å². The molecule has 2 heterocycles. The van der Waals surface area contributed by atoms with Gasteiger partial charge in [-0.25, -0.2) is 5.10 Å². The molecule has 1 aliphatic rings. The molecule has 2 atom stereocenters. The molecule has 1 fully saturated rings. The van der Waals surface area contributed by atoms with Gasteiger partial charge in [-0.15, -0.1) is 0 Å². The van der Waals surface area contributed by atoms with Crippen LogP contribution in [0.4, 0.5) is 5.69 Å². The van der Waals surface area contributed by atoms with Crippen molar-refractivity contribution in [2.24, 2.45) is 0 Å². The van der Waals surface area contributed by atoms with Crippen molar-refractivity contribution in [3.63, 3.8) is 0 Å². The van der Waals surface area contributed by atoms with E-state index in [1.807, 2.05) is 0 Å². The Morgan fingerprint density at radius 3 is 2.86 bits per heavy atom.